The van der Waals surface area contributed by atoms with Gasteiger partial charge in [0, 0.05) is 25.0 Å². The van der Waals surface area contributed by atoms with Crippen molar-refractivity contribution < 1.29 is 4.79 Å². The zero-order valence-electron chi connectivity index (χ0n) is 12.7. The van der Waals surface area contributed by atoms with Gasteiger partial charge in [0.15, 0.2) is 0 Å². The fourth-order valence-electron chi connectivity index (χ4n) is 2.41. The third-order valence-corrected chi connectivity index (χ3v) is 3.67. The van der Waals surface area contributed by atoms with Gasteiger partial charge in [0.25, 0.3) is 5.91 Å². The maximum absolute atomic E-state index is 12.5. The Balaban J connectivity index is 1.86. The second-order valence-electron chi connectivity index (χ2n) is 5.62. The summed E-state index contributed by atoms with van der Waals surface area (Å²) in [5, 5.41) is 13.6. The number of H-pyrrole nitrogens is 1. The number of hydrogen-bond donors (Lipinski definition) is 2. The van der Waals surface area contributed by atoms with Crippen LogP contribution in [-0.4, -0.2) is 30.9 Å². The van der Waals surface area contributed by atoms with Crippen molar-refractivity contribution in [3.05, 3.63) is 42.0 Å². The molecule has 22 heavy (non-hydrogen) atoms. The van der Waals surface area contributed by atoms with E-state index in [2.05, 4.69) is 39.6 Å². The molecule has 0 aliphatic heterocycles. The van der Waals surface area contributed by atoms with Gasteiger partial charge in [-0.25, -0.2) is 4.98 Å². The van der Waals surface area contributed by atoms with Crippen LogP contribution in [0.4, 0.5) is 0 Å². The Labute approximate surface area is 127 Å². The molecule has 7 heteroatoms. The second-order valence-corrected chi connectivity index (χ2v) is 5.62. The minimum Gasteiger partial charge on any atom is -0.342 e. The Bertz CT molecular complexity index is 803. The van der Waals surface area contributed by atoms with Crippen LogP contribution in [0.25, 0.3) is 11.0 Å². The summed E-state index contributed by atoms with van der Waals surface area (Å²) in [6.07, 6.45) is 3.61. The van der Waals surface area contributed by atoms with E-state index < -0.39 is 0 Å². The highest BCUT2D eigenvalue weighted by Crippen LogP contribution is 2.20. The van der Waals surface area contributed by atoms with Crippen LogP contribution in [-0.2, 0) is 7.05 Å². The molecule has 114 valence electrons. The third kappa shape index (κ3) is 2.57. The van der Waals surface area contributed by atoms with Crippen molar-refractivity contribution in [1.82, 2.24) is 30.3 Å². The van der Waals surface area contributed by atoms with Crippen molar-refractivity contribution in [2.24, 2.45) is 13.0 Å². The smallest absolute Gasteiger partial charge is 0.251 e. The Morgan fingerprint density at radius 2 is 2.05 bits per heavy atom. The monoisotopic (exact) mass is 298 g/mol. The molecule has 0 spiro atoms. The Morgan fingerprint density at radius 3 is 2.73 bits per heavy atom. The number of aromatic amines is 1. The first-order valence-electron chi connectivity index (χ1n) is 7.15. The second kappa shape index (κ2) is 5.59. The lowest BCUT2D eigenvalue weighted by Crippen LogP contribution is -2.33. The summed E-state index contributed by atoms with van der Waals surface area (Å²) in [6, 6.07) is 5.10. The standard InChI is InChI=1S/C15H18N6O/c1-9(2)13(14-16-6-7-21(14)3)17-15(22)10-4-5-11-12(8-10)19-20-18-11/h4-9,13H,1-3H3,(H,17,22)(H,18,19,20)/t13-/m1/s1. The molecule has 7 nitrogen and oxygen atoms in total. The molecule has 0 saturated heterocycles. The zero-order valence-corrected chi connectivity index (χ0v) is 12.7. The van der Waals surface area contributed by atoms with Crippen molar-refractivity contribution in [2.75, 3.05) is 0 Å². The number of hydrogen-bond acceptors (Lipinski definition) is 4. The molecule has 2 N–H and O–H groups in total. The van der Waals surface area contributed by atoms with E-state index >= 15 is 0 Å². The van der Waals surface area contributed by atoms with Crippen LogP contribution in [0.15, 0.2) is 30.6 Å². The van der Waals surface area contributed by atoms with E-state index in [9.17, 15) is 4.79 Å². The summed E-state index contributed by atoms with van der Waals surface area (Å²) < 4.78 is 1.92. The number of imidazole rings is 1. The van der Waals surface area contributed by atoms with Crippen LogP contribution in [0, 0.1) is 5.92 Å². The van der Waals surface area contributed by atoms with Gasteiger partial charge in [-0.15, -0.1) is 0 Å². The van der Waals surface area contributed by atoms with E-state index in [1.54, 1.807) is 24.4 Å². The van der Waals surface area contributed by atoms with Crippen LogP contribution >= 0.6 is 0 Å². The first-order valence-corrected chi connectivity index (χ1v) is 7.15. The maximum atomic E-state index is 12.5. The van der Waals surface area contributed by atoms with E-state index in [4.69, 9.17) is 0 Å². The van der Waals surface area contributed by atoms with Gasteiger partial charge in [-0.05, 0) is 24.1 Å². The molecule has 0 bridgehead atoms. The summed E-state index contributed by atoms with van der Waals surface area (Å²) in [7, 11) is 1.92. The number of nitrogens with zero attached hydrogens (tertiary/aromatic N) is 4. The number of fused-ring (bicyclic) bond motifs is 1. The van der Waals surface area contributed by atoms with E-state index in [0.29, 0.717) is 11.1 Å². The quantitative estimate of drug-likeness (QED) is 0.769. The minimum atomic E-state index is -0.152. The number of carbonyl (C=O) groups excluding carboxylic acids is 1. The van der Waals surface area contributed by atoms with E-state index in [1.807, 2.05) is 17.8 Å². The molecule has 0 fully saturated rings. The number of amides is 1. The van der Waals surface area contributed by atoms with E-state index in [1.165, 1.54) is 0 Å². The van der Waals surface area contributed by atoms with Gasteiger partial charge in [-0.1, -0.05) is 13.8 Å². The number of aromatic nitrogens is 5. The SMILES string of the molecule is CC(C)[C@@H](NC(=O)c1ccc2n[nH]nc2c1)c1nccn1C. The van der Waals surface area contributed by atoms with E-state index in [-0.39, 0.29) is 17.9 Å². The van der Waals surface area contributed by atoms with Gasteiger partial charge in [0.1, 0.15) is 16.9 Å². The Hall–Kier alpha value is -2.70. The number of rotatable bonds is 4. The number of carbonyl (C=O) groups is 1. The third-order valence-electron chi connectivity index (χ3n) is 3.67. The van der Waals surface area contributed by atoms with Gasteiger partial charge in [0.2, 0.25) is 0 Å². The normalized spacial score (nSPS) is 12.7. The summed E-state index contributed by atoms with van der Waals surface area (Å²) in [5.41, 5.74) is 1.97. The highest BCUT2D eigenvalue weighted by atomic mass is 16.1. The summed E-state index contributed by atoms with van der Waals surface area (Å²) in [6.45, 7) is 4.11. The van der Waals surface area contributed by atoms with Crippen LogP contribution in [0.1, 0.15) is 36.1 Å². The summed E-state index contributed by atoms with van der Waals surface area (Å²) in [5.74, 6) is 0.915. The molecule has 0 radical (unpaired) electrons. The largest absolute Gasteiger partial charge is 0.342 e. The van der Waals surface area contributed by atoms with E-state index in [0.717, 1.165) is 11.3 Å². The minimum absolute atomic E-state index is 0.147. The number of benzene rings is 1. The highest BCUT2D eigenvalue weighted by molar-refractivity contribution is 5.97. The summed E-state index contributed by atoms with van der Waals surface area (Å²) >= 11 is 0. The fraction of sp³-hybridized carbons (Fsp3) is 0.333. The molecule has 3 aromatic rings. The first kappa shape index (κ1) is 14.2. The lowest BCUT2D eigenvalue weighted by Gasteiger charge is -2.22. The average molecular weight is 298 g/mol. The number of aryl methyl sites for hydroxylation is 1. The molecule has 3 rings (SSSR count). The molecule has 2 aromatic heterocycles. The van der Waals surface area contributed by atoms with Gasteiger partial charge in [0.05, 0.1) is 6.04 Å². The topological polar surface area (TPSA) is 88.5 Å². The first-order chi connectivity index (χ1) is 10.6. The Morgan fingerprint density at radius 1 is 1.27 bits per heavy atom. The van der Waals surface area contributed by atoms with Crippen molar-refractivity contribution >= 4 is 16.9 Å². The van der Waals surface area contributed by atoms with Gasteiger partial charge < -0.3 is 9.88 Å². The molecule has 0 saturated carbocycles. The van der Waals surface area contributed by atoms with Crippen LogP contribution in [0.3, 0.4) is 0 Å². The predicted molar refractivity (Wildman–Crippen MR) is 82.1 cm³/mol. The highest BCUT2D eigenvalue weighted by Gasteiger charge is 2.22. The maximum Gasteiger partial charge on any atom is 0.251 e. The molecule has 1 atom stereocenters. The van der Waals surface area contributed by atoms with Crippen LogP contribution in [0.5, 0.6) is 0 Å². The molecular weight excluding hydrogens is 280 g/mol. The molecule has 1 aromatic carbocycles. The molecule has 0 unspecified atom stereocenters. The predicted octanol–water partition coefficient (Wildman–Crippen LogP) is 1.82. The average Bonchev–Trinajstić information content (AvgIpc) is 3.12. The lowest BCUT2D eigenvalue weighted by atomic mass is 10.0. The fourth-order valence-corrected chi connectivity index (χ4v) is 2.41. The van der Waals surface area contributed by atoms with Gasteiger partial charge >= 0.3 is 0 Å². The van der Waals surface area contributed by atoms with Crippen molar-refractivity contribution in [3.8, 4) is 0 Å². The Kier molecular flexibility index (Phi) is 3.62. The molecule has 2 heterocycles. The van der Waals surface area contributed by atoms with Crippen molar-refractivity contribution in [2.45, 2.75) is 19.9 Å². The zero-order chi connectivity index (χ0) is 15.7. The van der Waals surface area contributed by atoms with Crippen LogP contribution < -0.4 is 5.32 Å². The summed E-state index contributed by atoms with van der Waals surface area (Å²) in [4.78, 5) is 16.9. The van der Waals surface area contributed by atoms with Crippen molar-refractivity contribution in [1.29, 1.82) is 0 Å². The molecule has 1 amide bonds. The molecular formula is C15H18N6O. The van der Waals surface area contributed by atoms with Gasteiger partial charge in [-0.2, -0.15) is 15.4 Å². The lowest BCUT2D eigenvalue weighted by molar-refractivity contribution is 0.0922. The van der Waals surface area contributed by atoms with Gasteiger partial charge in [-0.3, -0.25) is 4.79 Å². The van der Waals surface area contributed by atoms with Crippen LogP contribution in [0.2, 0.25) is 0 Å². The molecule has 0 aliphatic carbocycles. The molecule has 0 aliphatic rings. The van der Waals surface area contributed by atoms with Crippen molar-refractivity contribution in [3.63, 3.8) is 0 Å². The number of nitrogens with one attached hydrogen (secondary N) is 2.